The fourth-order valence-electron chi connectivity index (χ4n) is 4.07. The Kier molecular flexibility index (Phi) is 7.83. The number of ether oxygens (including phenoxy) is 3. The first-order valence-electron chi connectivity index (χ1n) is 10.7. The maximum absolute atomic E-state index is 5.79. The molecule has 1 aromatic rings. The molecule has 6 heteroatoms. The first kappa shape index (κ1) is 20.8. The molecule has 0 spiro atoms. The molecule has 0 bridgehead atoms. The van der Waals surface area contributed by atoms with Crippen LogP contribution in [0, 0.1) is 5.41 Å². The van der Waals surface area contributed by atoms with Gasteiger partial charge in [-0.25, -0.2) is 0 Å². The highest BCUT2D eigenvalue weighted by Gasteiger charge is 2.33. The van der Waals surface area contributed by atoms with Gasteiger partial charge in [-0.2, -0.15) is 0 Å². The van der Waals surface area contributed by atoms with E-state index in [1.165, 1.54) is 25.7 Å². The van der Waals surface area contributed by atoms with Crippen LogP contribution in [-0.2, 0) is 11.3 Å². The van der Waals surface area contributed by atoms with Crippen molar-refractivity contribution in [3.8, 4) is 11.5 Å². The molecule has 0 aromatic heterocycles. The summed E-state index contributed by atoms with van der Waals surface area (Å²) in [6.45, 7) is 6.76. The molecule has 1 heterocycles. The van der Waals surface area contributed by atoms with Crippen molar-refractivity contribution in [2.45, 2.75) is 52.0 Å². The van der Waals surface area contributed by atoms with E-state index in [-0.39, 0.29) is 0 Å². The standard InChI is InChI=1S/C22H35N3O3/c1-3-26-14-11-22(9-4-5-10-22)17-25-21(23-2)24-16-18-7-8-19-20(15-18)28-13-6-12-27-19/h7-8,15H,3-6,9-14,16-17H2,1-2H3,(H2,23,24,25). The largest absolute Gasteiger partial charge is 0.490 e. The van der Waals surface area contributed by atoms with Crippen LogP contribution in [0.1, 0.15) is 51.0 Å². The van der Waals surface area contributed by atoms with Gasteiger partial charge >= 0.3 is 0 Å². The Balaban J connectivity index is 1.51. The molecule has 0 saturated heterocycles. The van der Waals surface area contributed by atoms with Gasteiger partial charge in [-0.15, -0.1) is 0 Å². The topological polar surface area (TPSA) is 64.1 Å². The molecule has 0 unspecified atom stereocenters. The Morgan fingerprint density at radius 1 is 1.11 bits per heavy atom. The smallest absolute Gasteiger partial charge is 0.191 e. The van der Waals surface area contributed by atoms with Gasteiger partial charge in [0.15, 0.2) is 17.5 Å². The zero-order chi connectivity index (χ0) is 19.7. The van der Waals surface area contributed by atoms with Gasteiger partial charge in [-0.3, -0.25) is 4.99 Å². The summed E-state index contributed by atoms with van der Waals surface area (Å²) in [5.41, 5.74) is 1.49. The minimum atomic E-state index is 0.335. The summed E-state index contributed by atoms with van der Waals surface area (Å²) < 4.78 is 17.1. The molecule has 1 fully saturated rings. The fourth-order valence-corrected chi connectivity index (χ4v) is 4.07. The van der Waals surface area contributed by atoms with Crippen molar-refractivity contribution < 1.29 is 14.2 Å². The minimum Gasteiger partial charge on any atom is -0.490 e. The molecule has 0 atom stereocenters. The van der Waals surface area contributed by atoms with Crippen LogP contribution in [-0.4, -0.2) is 46.0 Å². The molecule has 0 amide bonds. The monoisotopic (exact) mass is 389 g/mol. The van der Waals surface area contributed by atoms with Crippen LogP contribution in [0.2, 0.25) is 0 Å². The lowest BCUT2D eigenvalue weighted by Gasteiger charge is -2.30. The van der Waals surface area contributed by atoms with Gasteiger partial charge in [-0.1, -0.05) is 18.9 Å². The Morgan fingerprint density at radius 2 is 1.89 bits per heavy atom. The summed E-state index contributed by atoms with van der Waals surface area (Å²) in [7, 11) is 1.82. The van der Waals surface area contributed by atoms with Gasteiger partial charge in [0.25, 0.3) is 0 Å². The normalized spacial score (nSPS) is 18.6. The minimum absolute atomic E-state index is 0.335. The highest BCUT2D eigenvalue weighted by molar-refractivity contribution is 5.79. The number of rotatable bonds is 8. The molecule has 2 aliphatic rings. The zero-order valence-corrected chi connectivity index (χ0v) is 17.4. The first-order chi connectivity index (χ1) is 13.7. The quantitative estimate of drug-likeness (QED) is 0.405. The Labute approximate surface area is 169 Å². The predicted molar refractivity (Wildman–Crippen MR) is 112 cm³/mol. The average Bonchev–Trinajstić information content (AvgIpc) is 3.05. The van der Waals surface area contributed by atoms with Gasteiger partial charge < -0.3 is 24.8 Å². The molecule has 1 saturated carbocycles. The maximum Gasteiger partial charge on any atom is 0.191 e. The van der Waals surface area contributed by atoms with Crippen molar-refractivity contribution in [3.63, 3.8) is 0 Å². The molecule has 6 nitrogen and oxygen atoms in total. The van der Waals surface area contributed by atoms with E-state index in [1.54, 1.807) is 0 Å². The van der Waals surface area contributed by atoms with E-state index in [0.717, 1.165) is 55.6 Å². The van der Waals surface area contributed by atoms with E-state index in [1.807, 2.05) is 13.1 Å². The summed E-state index contributed by atoms with van der Waals surface area (Å²) in [4.78, 5) is 4.40. The van der Waals surface area contributed by atoms with Crippen molar-refractivity contribution in [1.29, 1.82) is 0 Å². The lowest BCUT2D eigenvalue weighted by molar-refractivity contribution is 0.105. The summed E-state index contributed by atoms with van der Waals surface area (Å²) >= 11 is 0. The van der Waals surface area contributed by atoms with Crippen LogP contribution >= 0.6 is 0 Å². The van der Waals surface area contributed by atoms with Crippen LogP contribution in [0.4, 0.5) is 0 Å². The molecule has 28 heavy (non-hydrogen) atoms. The lowest BCUT2D eigenvalue weighted by atomic mass is 9.83. The molecule has 1 aromatic carbocycles. The first-order valence-corrected chi connectivity index (χ1v) is 10.7. The van der Waals surface area contributed by atoms with Crippen LogP contribution in [0.3, 0.4) is 0 Å². The predicted octanol–water partition coefficient (Wildman–Crippen LogP) is 3.50. The van der Waals surface area contributed by atoms with Crippen molar-refractivity contribution in [3.05, 3.63) is 23.8 Å². The van der Waals surface area contributed by atoms with Gasteiger partial charge in [0.05, 0.1) is 13.2 Å². The second-order valence-corrected chi connectivity index (χ2v) is 7.76. The SMILES string of the molecule is CCOCCC1(CNC(=NC)NCc2ccc3c(c2)OCCCO3)CCCC1. The summed E-state index contributed by atoms with van der Waals surface area (Å²) in [5.74, 6) is 2.51. The van der Waals surface area contributed by atoms with Crippen LogP contribution in [0.25, 0.3) is 0 Å². The molecule has 0 radical (unpaired) electrons. The van der Waals surface area contributed by atoms with Crippen molar-refractivity contribution in [2.75, 3.05) is 40.0 Å². The molecule has 156 valence electrons. The summed E-state index contributed by atoms with van der Waals surface area (Å²) in [6, 6.07) is 6.13. The number of nitrogens with zero attached hydrogens (tertiary/aromatic N) is 1. The van der Waals surface area contributed by atoms with Crippen molar-refractivity contribution in [2.24, 2.45) is 10.4 Å². The second-order valence-electron chi connectivity index (χ2n) is 7.76. The third-order valence-corrected chi connectivity index (χ3v) is 5.77. The van der Waals surface area contributed by atoms with Crippen LogP contribution < -0.4 is 20.1 Å². The molecule has 1 aliphatic carbocycles. The number of hydrogen-bond acceptors (Lipinski definition) is 4. The molecular weight excluding hydrogens is 354 g/mol. The van der Waals surface area contributed by atoms with Gasteiger partial charge in [0.2, 0.25) is 0 Å². The Bertz CT molecular complexity index is 642. The molecule has 1 aliphatic heterocycles. The van der Waals surface area contributed by atoms with Gasteiger partial charge in [0, 0.05) is 39.8 Å². The summed E-state index contributed by atoms with van der Waals surface area (Å²) in [6.07, 6.45) is 7.21. The van der Waals surface area contributed by atoms with Crippen LogP contribution in [0.15, 0.2) is 23.2 Å². The van der Waals surface area contributed by atoms with E-state index < -0.39 is 0 Å². The highest BCUT2D eigenvalue weighted by atomic mass is 16.5. The number of aliphatic imine (C=N–C) groups is 1. The lowest BCUT2D eigenvalue weighted by Crippen LogP contribution is -2.43. The Morgan fingerprint density at radius 3 is 2.64 bits per heavy atom. The number of guanidine groups is 1. The van der Waals surface area contributed by atoms with E-state index in [4.69, 9.17) is 14.2 Å². The van der Waals surface area contributed by atoms with E-state index in [9.17, 15) is 0 Å². The van der Waals surface area contributed by atoms with Crippen molar-refractivity contribution >= 4 is 5.96 Å². The number of nitrogens with one attached hydrogen (secondary N) is 2. The zero-order valence-electron chi connectivity index (χ0n) is 17.4. The van der Waals surface area contributed by atoms with Crippen LogP contribution in [0.5, 0.6) is 11.5 Å². The third kappa shape index (κ3) is 5.77. The van der Waals surface area contributed by atoms with E-state index in [0.29, 0.717) is 25.2 Å². The number of benzene rings is 1. The average molecular weight is 390 g/mol. The van der Waals surface area contributed by atoms with E-state index >= 15 is 0 Å². The van der Waals surface area contributed by atoms with Crippen molar-refractivity contribution in [1.82, 2.24) is 10.6 Å². The third-order valence-electron chi connectivity index (χ3n) is 5.77. The molecule has 2 N–H and O–H groups in total. The maximum atomic E-state index is 5.79. The number of fused-ring (bicyclic) bond motifs is 1. The molecule has 3 rings (SSSR count). The highest BCUT2D eigenvalue weighted by Crippen LogP contribution is 2.40. The summed E-state index contributed by atoms with van der Waals surface area (Å²) in [5, 5.41) is 6.98. The fraction of sp³-hybridized carbons (Fsp3) is 0.682. The second kappa shape index (κ2) is 10.6. The van der Waals surface area contributed by atoms with E-state index in [2.05, 4.69) is 34.7 Å². The van der Waals surface area contributed by atoms with Gasteiger partial charge in [-0.05, 0) is 49.3 Å². The molecular formula is C22H35N3O3. The number of hydrogen-bond donors (Lipinski definition) is 2. The Hall–Kier alpha value is -1.95. The van der Waals surface area contributed by atoms with Gasteiger partial charge in [0.1, 0.15) is 0 Å².